The summed E-state index contributed by atoms with van der Waals surface area (Å²) in [6.45, 7) is 8.42. The third kappa shape index (κ3) is 6.74. The molecule has 0 spiro atoms. The van der Waals surface area contributed by atoms with Crippen molar-refractivity contribution < 1.29 is 10.2 Å². The summed E-state index contributed by atoms with van der Waals surface area (Å²) in [6.07, 6.45) is 9.91. The number of hydrogen-bond donors (Lipinski definition) is 2. The Labute approximate surface area is 175 Å². The maximum atomic E-state index is 10.3. The van der Waals surface area contributed by atoms with Crippen LogP contribution in [0.15, 0.2) is 34.3 Å². The van der Waals surface area contributed by atoms with Crippen LogP contribution in [0.25, 0.3) is 0 Å². The Morgan fingerprint density at radius 3 is 1.52 bits per heavy atom. The van der Waals surface area contributed by atoms with E-state index in [-0.39, 0.29) is 18.2 Å². The van der Waals surface area contributed by atoms with Gasteiger partial charge in [0.05, 0.1) is 0 Å². The molecule has 0 radical (unpaired) electrons. The number of rotatable bonds is 10. The van der Waals surface area contributed by atoms with Crippen LogP contribution in [0.1, 0.15) is 72.9 Å². The van der Waals surface area contributed by atoms with Crippen molar-refractivity contribution in [2.45, 2.75) is 66.2 Å². The molecule has 0 unspecified atom stereocenters. The SMILES string of the molecule is CCCCc1cc(C)c(O)c(C=NCN=Cc2cc(CCCC)cc(C)c2O)c1. The summed E-state index contributed by atoms with van der Waals surface area (Å²) in [5.41, 5.74) is 5.63. The summed E-state index contributed by atoms with van der Waals surface area (Å²) in [5.74, 6) is 0.546. The van der Waals surface area contributed by atoms with Crippen LogP contribution < -0.4 is 0 Å². The van der Waals surface area contributed by atoms with Crippen LogP contribution >= 0.6 is 0 Å². The second-order valence-corrected chi connectivity index (χ2v) is 7.67. The largest absolute Gasteiger partial charge is 0.507 e. The highest BCUT2D eigenvalue weighted by atomic mass is 16.3. The Kier molecular flexibility index (Phi) is 8.91. The van der Waals surface area contributed by atoms with Crippen molar-refractivity contribution in [3.05, 3.63) is 57.6 Å². The van der Waals surface area contributed by atoms with Gasteiger partial charge in [-0.05, 0) is 73.9 Å². The first-order valence-corrected chi connectivity index (χ1v) is 10.6. The molecule has 0 saturated carbocycles. The second-order valence-electron chi connectivity index (χ2n) is 7.67. The lowest BCUT2D eigenvalue weighted by atomic mass is 10.0. The van der Waals surface area contributed by atoms with Gasteiger partial charge in [0, 0.05) is 23.6 Å². The Morgan fingerprint density at radius 1 is 0.724 bits per heavy atom. The minimum absolute atomic E-state index is 0.245. The number of aryl methyl sites for hydroxylation is 4. The van der Waals surface area contributed by atoms with Crippen LogP contribution in [0, 0.1) is 13.8 Å². The summed E-state index contributed by atoms with van der Waals surface area (Å²) in [7, 11) is 0. The van der Waals surface area contributed by atoms with Crippen molar-refractivity contribution >= 4 is 12.4 Å². The van der Waals surface area contributed by atoms with E-state index in [1.54, 1.807) is 12.4 Å². The molecule has 4 nitrogen and oxygen atoms in total. The Bertz CT molecular complexity index is 798. The van der Waals surface area contributed by atoms with Gasteiger partial charge in [0.15, 0.2) is 0 Å². The molecule has 156 valence electrons. The average molecular weight is 395 g/mol. The molecule has 0 aliphatic rings. The van der Waals surface area contributed by atoms with Gasteiger partial charge in [0.1, 0.15) is 18.2 Å². The molecule has 4 heteroatoms. The molecule has 0 fully saturated rings. The summed E-state index contributed by atoms with van der Waals surface area (Å²) < 4.78 is 0. The number of phenols is 2. The highest BCUT2D eigenvalue weighted by Crippen LogP contribution is 2.24. The Morgan fingerprint density at radius 2 is 1.14 bits per heavy atom. The number of hydrogen-bond acceptors (Lipinski definition) is 4. The molecule has 0 heterocycles. The number of unbranched alkanes of at least 4 members (excludes halogenated alkanes) is 2. The van der Waals surface area contributed by atoms with Gasteiger partial charge in [-0.1, -0.05) is 38.8 Å². The van der Waals surface area contributed by atoms with Crippen molar-refractivity contribution in [3.8, 4) is 11.5 Å². The normalized spacial score (nSPS) is 11.7. The van der Waals surface area contributed by atoms with Crippen LogP contribution in [-0.4, -0.2) is 29.3 Å². The Balaban J connectivity index is 2.07. The molecule has 0 aliphatic carbocycles. The smallest absolute Gasteiger partial charge is 0.129 e. The maximum absolute atomic E-state index is 10.3. The molecule has 0 amide bonds. The van der Waals surface area contributed by atoms with Gasteiger partial charge < -0.3 is 10.2 Å². The molecule has 2 aromatic carbocycles. The lowest BCUT2D eigenvalue weighted by Gasteiger charge is -2.08. The van der Waals surface area contributed by atoms with Crippen LogP contribution in [0.5, 0.6) is 11.5 Å². The molecule has 0 atom stereocenters. The number of aliphatic imine (C=N–C) groups is 2. The average Bonchev–Trinajstić information content (AvgIpc) is 2.70. The zero-order chi connectivity index (χ0) is 21.2. The molecule has 2 N–H and O–H groups in total. The minimum atomic E-state index is 0.245. The van der Waals surface area contributed by atoms with Gasteiger partial charge in [-0.15, -0.1) is 0 Å². The summed E-state index contributed by atoms with van der Waals surface area (Å²) >= 11 is 0. The van der Waals surface area contributed by atoms with Gasteiger partial charge in [0.2, 0.25) is 0 Å². The number of nitrogens with zero attached hydrogens (tertiary/aromatic N) is 2. The van der Waals surface area contributed by atoms with Gasteiger partial charge in [0.25, 0.3) is 0 Å². The first-order valence-electron chi connectivity index (χ1n) is 10.6. The van der Waals surface area contributed by atoms with E-state index in [4.69, 9.17) is 0 Å². The van der Waals surface area contributed by atoms with E-state index in [1.807, 2.05) is 38.1 Å². The van der Waals surface area contributed by atoms with E-state index in [1.165, 1.54) is 11.1 Å². The van der Waals surface area contributed by atoms with Crippen LogP contribution in [0.4, 0.5) is 0 Å². The van der Waals surface area contributed by atoms with Gasteiger partial charge in [-0.3, -0.25) is 9.98 Å². The van der Waals surface area contributed by atoms with Gasteiger partial charge in [-0.25, -0.2) is 0 Å². The monoisotopic (exact) mass is 394 g/mol. The molecule has 2 rings (SSSR count). The van der Waals surface area contributed by atoms with Crippen LogP contribution in [0.2, 0.25) is 0 Å². The fraction of sp³-hybridized carbons (Fsp3) is 0.440. The van der Waals surface area contributed by atoms with Crippen LogP contribution in [0.3, 0.4) is 0 Å². The third-order valence-electron chi connectivity index (χ3n) is 5.04. The lowest BCUT2D eigenvalue weighted by molar-refractivity contribution is 0.469. The zero-order valence-corrected chi connectivity index (χ0v) is 18.2. The first-order chi connectivity index (χ1) is 14.0. The van der Waals surface area contributed by atoms with E-state index >= 15 is 0 Å². The third-order valence-corrected chi connectivity index (χ3v) is 5.04. The molecular formula is C25H34N2O2. The van der Waals surface area contributed by atoms with Crippen molar-refractivity contribution in [2.75, 3.05) is 6.67 Å². The van der Waals surface area contributed by atoms with Crippen LogP contribution in [-0.2, 0) is 12.8 Å². The van der Waals surface area contributed by atoms with Crippen molar-refractivity contribution in [3.63, 3.8) is 0 Å². The van der Waals surface area contributed by atoms with E-state index in [0.717, 1.165) is 60.8 Å². The molecule has 0 aliphatic heterocycles. The molecule has 29 heavy (non-hydrogen) atoms. The van der Waals surface area contributed by atoms with E-state index in [0.29, 0.717) is 0 Å². The van der Waals surface area contributed by atoms with E-state index in [9.17, 15) is 10.2 Å². The second kappa shape index (κ2) is 11.4. The van der Waals surface area contributed by atoms with Gasteiger partial charge in [-0.2, -0.15) is 0 Å². The van der Waals surface area contributed by atoms with E-state index in [2.05, 4.69) is 23.8 Å². The van der Waals surface area contributed by atoms with E-state index < -0.39 is 0 Å². The zero-order valence-electron chi connectivity index (χ0n) is 18.2. The standard InChI is InChI=1S/C25H34N2O2/c1-5-7-9-20-11-18(3)24(28)22(13-20)15-26-17-27-16-23-14-21(10-8-6-2)12-19(4)25(23)29/h11-16,28-29H,5-10,17H2,1-4H3. The summed E-state index contributed by atoms with van der Waals surface area (Å²) in [5, 5.41) is 20.6. The number of aromatic hydroxyl groups is 2. The Hall–Kier alpha value is -2.62. The van der Waals surface area contributed by atoms with Crippen molar-refractivity contribution in [1.82, 2.24) is 0 Å². The minimum Gasteiger partial charge on any atom is -0.507 e. The first kappa shape index (κ1) is 22.7. The fourth-order valence-corrected chi connectivity index (χ4v) is 3.34. The van der Waals surface area contributed by atoms with Crippen molar-refractivity contribution in [2.24, 2.45) is 9.98 Å². The number of benzene rings is 2. The van der Waals surface area contributed by atoms with Crippen molar-refractivity contribution in [1.29, 1.82) is 0 Å². The molecule has 0 bridgehead atoms. The fourth-order valence-electron chi connectivity index (χ4n) is 3.34. The predicted molar refractivity (Wildman–Crippen MR) is 123 cm³/mol. The quantitative estimate of drug-likeness (QED) is 0.493. The summed E-state index contributed by atoms with van der Waals surface area (Å²) in [4.78, 5) is 8.68. The maximum Gasteiger partial charge on any atom is 0.129 e. The molecule has 0 aromatic heterocycles. The lowest BCUT2D eigenvalue weighted by Crippen LogP contribution is -1.94. The van der Waals surface area contributed by atoms with Gasteiger partial charge >= 0.3 is 0 Å². The predicted octanol–water partition coefficient (Wildman–Crippen LogP) is 5.90. The highest BCUT2D eigenvalue weighted by molar-refractivity contribution is 5.86. The molecule has 2 aromatic rings. The summed E-state index contributed by atoms with van der Waals surface area (Å²) in [6, 6.07) is 8.07. The molecule has 0 saturated heterocycles. The number of phenolic OH excluding ortho intramolecular Hbond substituents is 2. The highest BCUT2D eigenvalue weighted by Gasteiger charge is 2.06. The topological polar surface area (TPSA) is 65.2 Å². The molecular weight excluding hydrogens is 360 g/mol.